The van der Waals surface area contributed by atoms with E-state index in [0.29, 0.717) is 12.5 Å². The van der Waals surface area contributed by atoms with Crippen LogP contribution in [0.5, 0.6) is 0 Å². The summed E-state index contributed by atoms with van der Waals surface area (Å²) >= 11 is 3.35. The van der Waals surface area contributed by atoms with Crippen LogP contribution in [0.1, 0.15) is 0 Å². The molecule has 0 radical (unpaired) electrons. The molecule has 1 aromatic rings. The third kappa shape index (κ3) is 2.55. The number of rotatable bonds is 4. The lowest BCUT2D eigenvalue weighted by Crippen LogP contribution is -2.23. The second-order valence-electron chi connectivity index (χ2n) is 2.76. The Morgan fingerprint density at radius 2 is 2.36 bits per heavy atom. The summed E-state index contributed by atoms with van der Waals surface area (Å²) in [6.07, 6.45) is 1.68. The van der Waals surface area contributed by atoms with Crippen molar-refractivity contribution in [1.29, 1.82) is 0 Å². The maximum Gasteiger partial charge on any atom is 0.224 e. The number of aliphatic hydroxyl groups is 1. The Balaban J connectivity index is 2.93. The van der Waals surface area contributed by atoms with Gasteiger partial charge in [-0.1, -0.05) is 0 Å². The van der Waals surface area contributed by atoms with Gasteiger partial charge in [0.1, 0.15) is 5.82 Å². The summed E-state index contributed by atoms with van der Waals surface area (Å²) in [7, 11) is 3.63. The predicted octanol–water partition coefficient (Wildman–Crippen LogP) is 0.709. The molecular weight excluding hydrogens is 248 g/mol. The third-order valence-electron chi connectivity index (χ3n) is 1.75. The van der Waals surface area contributed by atoms with Crippen LogP contribution in [0.25, 0.3) is 0 Å². The first kappa shape index (κ1) is 11.2. The van der Waals surface area contributed by atoms with E-state index in [9.17, 15) is 0 Å². The van der Waals surface area contributed by atoms with Gasteiger partial charge in [-0.25, -0.2) is 4.98 Å². The summed E-state index contributed by atoms with van der Waals surface area (Å²) in [6, 6.07) is 0. The van der Waals surface area contributed by atoms with Gasteiger partial charge in [0.25, 0.3) is 0 Å². The fourth-order valence-electron chi connectivity index (χ4n) is 1.00. The van der Waals surface area contributed by atoms with Crippen LogP contribution in [-0.4, -0.2) is 42.3 Å². The summed E-state index contributed by atoms with van der Waals surface area (Å²) in [5.41, 5.74) is 0. The number of halogens is 1. The Hall–Kier alpha value is -0.880. The van der Waals surface area contributed by atoms with Gasteiger partial charge in [-0.05, 0) is 15.9 Å². The molecule has 0 aliphatic rings. The first-order chi connectivity index (χ1) is 6.69. The maximum atomic E-state index is 8.80. The Labute approximate surface area is 91.3 Å². The van der Waals surface area contributed by atoms with Crippen LogP contribution >= 0.6 is 15.9 Å². The van der Waals surface area contributed by atoms with E-state index >= 15 is 0 Å². The highest BCUT2D eigenvalue weighted by Crippen LogP contribution is 2.22. The number of nitrogens with one attached hydrogen (secondary N) is 1. The number of hydrogen-bond acceptors (Lipinski definition) is 5. The van der Waals surface area contributed by atoms with Gasteiger partial charge in [-0.3, -0.25) is 0 Å². The van der Waals surface area contributed by atoms with Crippen LogP contribution < -0.4 is 10.2 Å². The summed E-state index contributed by atoms with van der Waals surface area (Å²) in [5.74, 6) is 1.33. The molecule has 0 fully saturated rings. The molecule has 0 aliphatic heterocycles. The van der Waals surface area contributed by atoms with Gasteiger partial charge in [0.2, 0.25) is 5.95 Å². The van der Waals surface area contributed by atoms with Crippen LogP contribution in [0.3, 0.4) is 0 Å². The quantitative estimate of drug-likeness (QED) is 0.835. The molecule has 0 aromatic carbocycles. The number of nitrogens with zero attached hydrogens (tertiary/aromatic N) is 3. The Bertz CT molecular complexity index is 307. The molecule has 1 heterocycles. The van der Waals surface area contributed by atoms with Crippen molar-refractivity contribution in [2.45, 2.75) is 0 Å². The van der Waals surface area contributed by atoms with E-state index in [0.717, 1.165) is 10.3 Å². The van der Waals surface area contributed by atoms with Gasteiger partial charge in [0, 0.05) is 26.8 Å². The summed E-state index contributed by atoms with van der Waals surface area (Å²) in [4.78, 5) is 10.2. The van der Waals surface area contributed by atoms with E-state index in [-0.39, 0.29) is 6.61 Å². The van der Waals surface area contributed by atoms with Crippen molar-refractivity contribution >= 4 is 27.7 Å². The predicted molar refractivity (Wildman–Crippen MR) is 59.6 cm³/mol. The Morgan fingerprint density at radius 3 is 2.93 bits per heavy atom. The largest absolute Gasteiger partial charge is 0.395 e. The molecule has 0 amide bonds. The van der Waals surface area contributed by atoms with Crippen LogP contribution in [0.15, 0.2) is 10.7 Å². The van der Waals surface area contributed by atoms with E-state index in [2.05, 4.69) is 31.2 Å². The molecule has 0 unspecified atom stereocenters. The van der Waals surface area contributed by atoms with E-state index in [4.69, 9.17) is 5.11 Å². The minimum atomic E-state index is 0.0990. The Kier molecular flexibility index (Phi) is 4.09. The molecule has 6 heteroatoms. The van der Waals surface area contributed by atoms with Crippen LogP contribution in [0, 0.1) is 0 Å². The third-order valence-corrected chi connectivity index (χ3v) is 2.31. The monoisotopic (exact) mass is 260 g/mol. The van der Waals surface area contributed by atoms with Crippen LogP contribution in [0.2, 0.25) is 0 Å². The SMILES string of the molecule is CNc1ncc(Br)c(N(C)CCO)n1. The molecule has 2 N–H and O–H groups in total. The second-order valence-corrected chi connectivity index (χ2v) is 3.61. The lowest BCUT2D eigenvalue weighted by atomic mass is 10.5. The lowest BCUT2D eigenvalue weighted by molar-refractivity contribution is 0.304. The molecule has 0 spiro atoms. The first-order valence-electron chi connectivity index (χ1n) is 4.21. The molecular formula is C8H13BrN4O. The summed E-state index contributed by atoms with van der Waals surface area (Å²) < 4.78 is 0.812. The highest BCUT2D eigenvalue weighted by Gasteiger charge is 2.08. The van der Waals surface area contributed by atoms with Gasteiger partial charge in [-0.2, -0.15) is 4.98 Å². The zero-order valence-corrected chi connectivity index (χ0v) is 9.74. The normalized spacial score (nSPS) is 10.0. The van der Waals surface area contributed by atoms with Crippen molar-refractivity contribution in [3.8, 4) is 0 Å². The van der Waals surface area contributed by atoms with Gasteiger partial charge in [0.05, 0.1) is 11.1 Å². The summed E-state index contributed by atoms with van der Waals surface area (Å²) in [6.45, 7) is 0.639. The number of hydrogen-bond donors (Lipinski definition) is 2. The second kappa shape index (κ2) is 5.11. The molecule has 0 saturated heterocycles. The Morgan fingerprint density at radius 1 is 1.64 bits per heavy atom. The highest BCUT2D eigenvalue weighted by molar-refractivity contribution is 9.10. The molecule has 5 nitrogen and oxygen atoms in total. The van der Waals surface area contributed by atoms with Crippen LogP contribution in [0.4, 0.5) is 11.8 Å². The molecule has 1 rings (SSSR count). The molecule has 1 aromatic heterocycles. The fourth-order valence-corrected chi connectivity index (χ4v) is 1.50. The number of likely N-dealkylation sites (N-methyl/N-ethyl adjacent to an activating group) is 1. The number of aliphatic hydroxyl groups excluding tert-OH is 1. The molecule has 78 valence electrons. The van der Waals surface area contributed by atoms with Crippen molar-refractivity contribution in [3.05, 3.63) is 10.7 Å². The first-order valence-corrected chi connectivity index (χ1v) is 5.00. The smallest absolute Gasteiger partial charge is 0.224 e. The van der Waals surface area contributed by atoms with Gasteiger partial charge in [-0.15, -0.1) is 0 Å². The van der Waals surface area contributed by atoms with E-state index in [1.807, 2.05) is 11.9 Å². The van der Waals surface area contributed by atoms with E-state index in [1.54, 1.807) is 13.2 Å². The standard InChI is InChI=1S/C8H13BrN4O/c1-10-8-11-5-6(9)7(12-8)13(2)3-4-14/h5,14H,3-4H2,1-2H3,(H,10,11,12). The van der Waals surface area contributed by atoms with Crippen molar-refractivity contribution in [1.82, 2.24) is 9.97 Å². The van der Waals surface area contributed by atoms with E-state index < -0.39 is 0 Å². The number of anilines is 2. The minimum absolute atomic E-state index is 0.0990. The average Bonchev–Trinajstić information content (AvgIpc) is 2.19. The van der Waals surface area contributed by atoms with E-state index in [1.165, 1.54) is 0 Å². The molecule has 0 atom stereocenters. The van der Waals surface area contributed by atoms with Crippen LogP contribution in [-0.2, 0) is 0 Å². The molecule has 14 heavy (non-hydrogen) atoms. The van der Waals surface area contributed by atoms with Gasteiger partial charge >= 0.3 is 0 Å². The number of aromatic nitrogens is 2. The molecule has 0 aliphatic carbocycles. The van der Waals surface area contributed by atoms with Crippen molar-refractivity contribution < 1.29 is 5.11 Å². The molecule has 0 bridgehead atoms. The maximum absolute atomic E-state index is 8.80. The lowest BCUT2D eigenvalue weighted by Gasteiger charge is -2.18. The molecule has 0 saturated carbocycles. The van der Waals surface area contributed by atoms with Gasteiger partial charge < -0.3 is 15.3 Å². The highest BCUT2D eigenvalue weighted by atomic mass is 79.9. The minimum Gasteiger partial charge on any atom is -0.395 e. The average molecular weight is 261 g/mol. The van der Waals surface area contributed by atoms with Crippen molar-refractivity contribution in [2.75, 3.05) is 37.5 Å². The topological polar surface area (TPSA) is 61.3 Å². The fraction of sp³-hybridized carbons (Fsp3) is 0.500. The van der Waals surface area contributed by atoms with Gasteiger partial charge in [0.15, 0.2) is 0 Å². The van der Waals surface area contributed by atoms with Crippen molar-refractivity contribution in [2.24, 2.45) is 0 Å². The van der Waals surface area contributed by atoms with Crippen molar-refractivity contribution in [3.63, 3.8) is 0 Å². The zero-order valence-electron chi connectivity index (χ0n) is 8.16. The summed E-state index contributed by atoms with van der Waals surface area (Å²) in [5, 5.41) is 11.7. The zero-order chi connectivity index (χ0) is 10.6.